The fourth-order valence-corrected chi connectivity index (χ4v) is 1.96. The second-order valence-corrected chi connectivity index (χ2v) is 4.95. The minimum atomic E-state index is -0.212. The quantitative estimate of drug-likeness (QED) is 0.846. The number of para-hydroxylation sites is 3. The lowest BCUT2D eigenvalue weighted by molar-refractivity contribution is -0.118. The van der Waals surface area contributed by atoms with Gasteiger partial charge < -0.3 is 14.8 Å². The summed E-state index contributed by atoms with van der Waals surface area (Å²) in [4.78, 5) is 12.0. The third kappa shape index (κ3) is 4.52. The van der Waals surface area contributed by atoms with Crippen LogP contribution in [0, 0.1) is 6.92 Å². The van der Waals surface area contributed by atoms with Crippen LogP contribution < -0.4 is 14.8 Å². The molecule has 0 bridgehead atoms. The molecule has 0 fully saturated rings. The van der Waals surface area contributed by atoms with Crippen molar-refractivity contribution in [3.8, 4) is 11.5 Å². The molecule has 0 saturated heterocycles. The number of aryl methyl sites for hydroxylation is 1. The molecule has 1 amide bonds. The monoisotopic (exact) mass is 299 g/mol. The number of hydrogen-bond donors (Lipinski definition) is 1. The van der Waals surface area contributed by atoms with Gasteiger partial charge in [-0.3, -0.25) is 4.79 Å². The molecule has 4 nitrogen and oxygen atoms in total. The lowest BCUT2D eigenvalue weighted by Gasteiger charge is -2.13. The summed E-state index contributed by atoms with van der Waals surface area (Å²) in [6, 6.07) is 15.0. The third-order valence-electron chi connectivity index (χ3n) is 3.08. The summed E-state index contributed by atoms with van der Waals surface area (Å²) in [7, 11) is 0. The molecular formula is C18H21NO3. The van der Waals surface area contributed by atoms with E-state index in [1.807, 2.05) is 62.4 Å². The normalized spacial score (nSPS) is 10.1. The molecule has 0 aliphatic heterocycles. The first-order valence-electron chi connectivity index (χ1n) is 7.41. The Balaban J connectivity index is 1.93. The van der Waals surface area contributed by atoms with Crippen LogP contribution in [0.5, 0.6) is 11.5 Å². The number of anilines is 1. The molecule has 0 unspecified atom stereocenters. The van der Waals surface area contributed by atoms with Gasteiger partial charge in [-0.1, -0.05) is 37.3 Å². The molecule has 0 spiro atoms. The Kier molecular flexibility index (Phi) is 5.83. The molecule has 2 rings (SSSR count). The zero-order valence-electron chi connectivity index (χ0n) is 13.0. The molecule has 1 N–H and O–H groups in total. The average Bonchev–Trinajstić information content (AvgIpc) is 2.53. The summed E-state index contributed by atoms with van der Waals surface area (Å²) in [6.45, 7) is 4.57. The molecule has 0 aliphatic rings. The van der Waals surface area contributed by atoms with Gasteiger partial charge in [-0.2, -0.15) is 0 Å². The van der Waals surface area contributed by atoms with Crippen LogP contribution in [0.25, 0.3) is 0 Å². The van der Waals surface area contributed by atoms with E-state index < -0.39 is 0 Å². The summed E-state index contributed by atoms with van der Waals surface area (Å²) in [6.07, 6.45) is 0.915. The van der Waals surface area contributed by atoms with Crippen molar-refractivity contribution < 1.29 is 14.3 Å². The van der Waals surface area contributed by atoms with Gasteiger partial charge in [-0.25, -0.2) is 0 Å². The van der Waals surface area contributed by atoms with Crippen LogP contribution in [0.3, 0.4) is 0 Å². The molecule has 4 heteroatoms. The van der Waals surface area contributed by atoms with Gasteiger partial charge in [-0.15, -0.1) is 0 Å². The molecule has 0 saturated carbocycles. The van der Waals surface area contributed by atoms with Crippen molar-refractivity contribution in [2.24, 2.45) is 0 Å². The number of rotatable bonds is 7. The lowest BCUT2D eigenvalue weighted by atomic mass is 10.2. The Morgan fingerprint density at radius 2 is 1.68 bits per heavy atom. The van der Waals surface area contributed by atoms with E-state index >= 15 is 0 Å². The second kappa shape index (κ2) is 8.08. The highest BCUT2D eigenvalue weighted by Crippen LogP contribution is 2.24. The molecule has 116 valence electrons. The Morgan fingerprint density at radius 3 is 2.41 bits per heavy atom. The number of carbonyl (C=O) groups excluding carboxylic acids is 1. The van der Waals surface area contributed by atoms with Gasteiger partial charge in [0.15, 0.2) is 6.61 Å². The van der Waals surface area contributed by atoms with E-state index in [1.165, 1.54) is 0 Å². The summed E-state index contributed by atoms with van der Waals surface area (Å²) in [5.74, 6) is 1.18. The molecule has 0 radical (unpaired) electrons. The Morgan fingerprint density at radius 1 is 1.00 bits per heavy atom. The van der Waals surface area contributed by atoms with Crippen molar-refractivity contribution >= 4 is 11.6 Å². The maximum Gasteiger partial charge on any atom is 0.262 e. The first-order valence-corrected chi connectivity index (χ1v) is 7.41. The SMILES string of the molecule is CCCOc1ccccc1NC(=O)COc1ccccc1C. The predicted molar refractivity (Wildman–Crippen MR) is 87.5 cm³/mol. The van der Waals surface area contributed by atoms with Gasteiger partial charge in [0, 0.05) is 0 Å². The van der Waals surface area contributed by atoms with E-state index in [9.17, 15) is 4.79 Å². The lowest BCUT2D eigenvalue weighted by Crippen LogP contribution is -2.20. The van der Waals surface area contributed by atoms with Crippen LogP contribution in [-0.2, 0) is 4.79 Å². The van der Waals surface area contributed by atoms with E-state index in [1.54, 1.807) is 0 Å². The zero-order chi connectivity index (χ0) is 15.8. The maximum absolute atomic E-state index is 12.0. The van der Waals surface area contributed by atoms with Gasteiger partial charge in [0.1, 0.15) is 11.5 Å². The van der Waals surface area contributed by atoms with Crippen molar-refractivity contribution in [1.82, 2.24) is 0 Å². The highest BCUT2D eigenvalue weighted by atomic mass is 16.5. The topological polar surface area (TPSA) is 47.6 Å². The van der Waals surface area contributed by atoms with Crippen LogP contribution in [0.2, 0.25) is 0 Å². The van der Waals surface area contributed by atoms with E-state index in [4.69, 9.17) is 9.47 Å². The maximum atomic E-state index is 12.0. The van der Waals surface area contributed by atoms with Crippen LogP contribution in [0.15, 0.2) is 48.5 Å². The molecule has 0 atom stereocenters. The smallest absolute Gasteiger partial charge is 0.262 e. The third-order valence-corrected chi connectivity index (χ3v) is 3.08. The van der Waals surface area contributed by atoms with Gasteiger partial charge in [0.25, 0.3) is 5.91 Å². The first kappa shape index (κ1) is 15.9. The number of benzene rings is 2. The van der Waals surface area contributed by atoms with Crippen LogP contribution >= 0.6 is 0 Å². The summed E-state index contributed by atoms with van der Waals surface area (Å²) >= 11 is 0. The standard InChI is InChI=1S/C18H21NO3/c1-3-12-21-17-11-7-5-9-15(17)19-18(20)13-22-16-10-6-4-8-14(16)2/h4-11H,3,12-13H2,1-2H3,(H,19,20). The largest absolute Gasteiger partial charge is 0.491 e. The van der Waals surface area contributed by atoms with Gasteiger partial charge >= 0.3 is 0 Å². The van der Waals surface area contributed by atoms with Crippen molar-refractivity contribution in [3.63, 3.8) is 0 Å². The van der Waals surface area contributed by atoms with Crippen molar-refractivity contribution in [1.29, 1.82) is 0 Å². The van der Waals surface area contributed by atoms with Crippen molar-refractivity contribution in [3.05, 3.63) is 54.1 Å². The minimum Gasteiger partial charge on any atom is -0.491 e. The highest BCUT2D eigenvalue weighted by molar-refractivity contribution is 5.93. The predicted octanol–water partition coefficient (Wildman–Crippen LogP) is 3.80. The number of amides is 1. The number of ether oxygens (including phenoxy) is 2. The van der Waals surface area contributed by atoms with E-state index in [-0.39, 0.29) is 12.5 Å². The first-order chi connectivity index (χ1) is 10.7. The van der Waals surface area contributed by atoms with Crippen LogP contribution in [0.1, 0.15) is 18.9 Å². The minimum absolute atomic E-state index is 0.0348. The molecular weight excluding hydrogens is 278 g/mol. The Labute approximate surface area is 131 Å². The van der Waals surface area contributed by atoms with Crippen molar-refractivity contribution in [2.45, 2.75) is 20.3 Å². The van der Waals surface area contributed by atoms with E-state index in [2.05, 4.69) is 5.32 Å². The van der Waals surface area contributed by atoms with Crippen LogP contribution in [0.4, 0.5) is 5.69 Å². The number of carbonyl (C=O) groups is 1. The molecule has 0 heterocycles. The molecule has 22 heavy (non-hydrogen) atoms. The van der Waals surface area contributed by atoms with Gasteiger partial charge in [0.2, 0.25) is 0 Å². The van der Waals surface area contributed by atoms with Crippen LogP contribution in [-0.4, -0.2) is 19.1 Å². The fourth-order valence-electron chi connectivity index (χ4n) is 1.96. The molecule has 2 aromatic carbocycles. The number of hydrogen-bond acceptors (Lipinski definition) is 3. The molecule has 0 aliphatic carbocycles. The van der Waals surface area contributed by atoms with Gasteiger partial charge in [0.05, 0.1) is 12.3 Å². The number of nitrogens with one attached hydrogen (secondary N) is 1. The Bertz CT molecular complexity index is 625. The molecule has 2 aromatic rings. The summed E-state index contributed by atoms with van der Waals surface area (Å²) < 4.78 is 11.2. The highest BCUT2D eigenvalue weighted by Gasteiger charge is 2.08. The summed E-state index contributed by atoms with van der Waals surface area (Å²) in [5, 5.41) is 2.82. The average molecular weight is 299 g/mol. The fraction of sp³-hybridized carbons (Fsp3) is 0.278. The Hall–Kier alpha value is -2.49. The molecule has 0 aromatic heterocycles. The van der Waals surface area contributed by atoms with Gasteiger partial charge in [-0.05, 0) is 37.1 Å². The van der Waals surface area contributed by atoms with Crippen molar-refractivity contribution in [2.75, 3.05) is 18.5 Å². The second-order valence-electron chi connectivity index (χ2n) is 4.95. The van der Waals surface area contributed by atoms with E-state index in [0.29, 0.717) is 23.8 Å². The summed E-state index contributed by atoms with van der Waals surface area (Å²) in [5.41, 5.74) is 1.66. The zero-order valence-corrected chi connectivity index (χ0v) is 13.0. The van der Waals surface area contributed by atoms with E-state index in [0.717, 1.165) is 12.0 Å².